The average molecular weight is 187 g/mol. The van der Waals surface area contributed by atoms with Crippen molar-refractivity contribution >= 4 is 12.0 Å². The predicted molar refractivity (Wildman–Crippen MR) is 57.2 cm³/mol. The van der Waals surface area contributed by atoms with E-state index in [1.165, 1.54) is 11.1 Å². The van der Waals surface area contributed by atoms with Gasteiger partial charge in [-0.1, -0.05) is 18.2 Å². The molecule has 1 N–H and O–H groups in total. The third kappa shape index (κ3) is 1.55. The Morgan fingerprint density at radius 2 is 2.29 bits per heavy atom. The first-order valence-corrected chi connectivity index (χ1v) is 4.83. The second-order valence-corrected chi connectivity index (χ2v) is 3.43. The fourth-order valence-corrected chi connectivity index (χ4v) is 1.71. The van der Waals surface area contributed by atoms with Crippen molar-refractivity contribution in [2.75, 3.05) is 7.05 Å². The van der Waals surface area contributed by atoms with E-state index in [0.29, 0.717) is 0 Å². The molecule has 0 atom stereocenters. The van der Waals surface area contributed by atoms with Crippen LogP contribution in [0.2, 0.25) is 0 Å². The number of allylic oxidation sites excluding steroid dienone is 1. The maximum absolute atomic E-state index is 11.4. The van der Waals surface area contributed by atoms with Gasteiger partial charge in [-0.2, -0.15) is 0 Å². The lowest BCUT2D eigenvalue weighted by Crippen LogP contribution is -2.18. The molecule has 1 aliphatic carbocycles. The maximum atomic E-state index is 11.4. The molecule has 2 nitrogen and oxygen atoms in total. The monoisotopic (exact) mass is 187 g/mol. The van der Waals surface area contributed by atoms with E-state index in [1.54, 1.807) is 7.05 Å². The maximum Gasteiger partial charge on any atom is 0.251 e. The van der Waals surface area contributed by atoms with Crippen molar-refractivity contribution in [3.8, 4) is 0 Å². The number of fused-ring (bicyclic) bond motifs is 1. The zero-order chi connectivity index (χ0) is 9.97. The van der Waals surface area contributed by atoms with Gasteiger partial charge in [0.05, 0.1) is 0 Å². The lowest BCUT2D eigenvalue weighted by Gasteiger charge is -2.11. The van der Waals surface area contributed by atoms with Gasteiger partial charge in [-0.3, -0.25) is 4.79 Å². The molecule has 72 valence electrons. The zero-order valence-electron chi connectivity index (χ0n) is 8.21. The minimum Gasteiger partial charge on any atom is -0.355 e. The van der Waals surface area contributed by atoms with Crippen LogP contribution in [0.1, 0.15) is 27.9 Å². The lowest BCUT2D eigenvalue weighted by atomic mass is 9.95. The first-order chi connectivity index (χ1) is 6.81. The van der Waals surface area contributed by atoms with Gasteiger partial charge in [-0.25, -0.2) is 0 Å². The van der Waals surface area contributed by atoms with Crippen LogP contribution in [0.5, 0.6) is 0 Å². The number of nitrogens with one attached hydrogen (secondary N) is 1. The van der Waals surface area contributed by atoms with Gasteiger partial charge in [0.1, 0.15) is 0 Å². The van der Waals surface area contributed by atoms with Crippen LogP contribution in [-0.4, -0.2) is 13.0 Å². The minimum atomic E-state index is -0.0215. The molecule has 0 spiro atoms. The number of hydrogen-bond acceptors (Lipinski definition) is 1. The summed E-state index contributed by atoms with van der Waals surface area (Å²) in [5.74, 6) is -0.0215. The highest BCUT2D eigenvalue weighted by Gasteiger charge is 2.08. The first kappa shape index (κ1) is 9.00. The van der Waals surface area contributed by atoms with Crippen molar-refractivity contribution in [1.29, 1.82) is 0 Å². The quantitative estimate of drug-likeness (QED) is 0.716. The van der Waals surface area contributed by atoms with Gasteiger partial charge >= 0.3 is 0 Å². The summed E-state index contributed by atoms with van der Waals surface area (Å²) < 4.78 is 0. The summed E-state index contributed by atoms with van der Waals surface area (Å²) in [6.45, 7) is 0. The van der Waals surface area contributed by atoms with Crippen LogP contribution in [0.3, 0.4) is 0 Å². The molecule has 1 aromatic carbocycles. The molecule has 1 aliphatic rings. The second-order valence-electron chi connectivity index (χ2n) is 3.43. The molecule has 1 aromatic rings. The van der Waals surface area contributed by atoms with Crippen LogP contribution in [0, 0.1) is 0 Å². The molecule has 0 aromatic heterocycles. The van der Waals surface area contributed by atoms with Gasteiger partial charge in [0.2, 0.25) is 0 Å². The van der Waals surface area contributed by atoms with Crippen molar-refractivity contribution in [3.63, 3.8) is 0 Å². The SMILES string of the molecule is CNC(=O)c1ccc2c(c1)C=CCC2. The Bertz CT molecular complexity index is 393. The molecule has 0 fully saturated rings. The Morgan fingerprint density at radius 3 is 3.07 bits per heavy atom. The normalized spacial score (nSPS) is 13.5. The summed E-state index contributed by atoms with van der Waals surface area (Å²) in [6, 6.07) is 5.88. The van der Waals surface area contributed by atoms with Gasteiger partial charge in [-0.05, 0) is 36.1 Å². The standard InChI is InChI=1S/C12H13NO/c1-13-12(14)11-7-6-9-4-2-3-5-10(9)8-11/h3,5-8H,2,4H2,1H3,(H,13,14). The van der Waals surface area contributed by atoms with E-state index in [1.807, 2.05) is 18.2 Å². The van der Waals surface area contributed by atoms with Crippen molar-refractivity contribution in [1.82, 2.24) is 5.32 Å². The van der Waals surface area contributed by atoms with Crippen LogP contribution >= 0.6 is 0 Å². The Hall–Kier alpha value is -1.57. The minimum absolute atomic E-state index is 0.0215. The Morgan fingerprint density at radius 1 is 1.43 bits per heavy atom. The smallest absolute Gasteiger partial charge is 0.251 e. The molecule has 0 bridgehead atoms. The molecule has 0 radical (unpaired) electrons. The molecule has 0 saturated heterocycles. The fourth-order valence-electron chi connectivity index (χ4n) is 1.71. The van der Waals surface area contributed by atoms with Crippen LogP contribution in [-0.2, 0) is 6.42 Å². The molecule has 14 heavy (non-hydrogen) atoms. The molecule has 0 unspecified atom stereocenters. The highest BCUT2D eigenvalue weighted by Crippen LogP contribution is 2.20. The fraction of sp³-hybridized carbons (Fsp3) is 0.250. The number of aryl methyl sites for hydroxylation is 1. The number of carbonyl (C=O) groups is 1. The third-order valence-corrected chi connectivity index (χ3v) is 2.51. The predicted octanol–water partition coefficient (Wildman–Crippen LogP) is 2.01. The summed E-state index contributed by atoms with van der Waals surface area (Å²) in [7, 11) is 1.65. The zero-order valence-corrected chi connectivity index (χ0v) is 8.21. The van der Waals surface area contributed by atoms with Gasteiger partial charge in [0, 0.05) is 12.6 Å². The van der Waals surface area contributed by atoms with E-state index in [0.717, 1.165) is 18.4 Å². The Labute approximate surface area is 83.6 Å². The van der Waals surface area contributed by atoms with Gasteiger partial charge in [0.15, 0.2) is 0 Å². The van der Waals surface area contributed by atoms with Crippen LogP contribution in [0.15, 0.2) is 24.3 Å². The molecule has 0 saturated carbocycles. The lowest BCUT2D eigenvalue weighted by molar-refractivity contribution is 0.0963. The van der Waals surface area contributed by atoms with Gasteiger partial charge < -0.3 is 5.32 Å². The Kier molecular flexibility index (Phi) is 2.35. The topological polar surface area (TPSA) is 29.1 Å². The number of benzene rings is 1. The molecule has 0 aliphatic heterocycles. The van der Waals surface area contributed by atoms with Crippen molar-refractivity contribution in [2.24, 2.45) is 0 Å². The molecular formula is C12H13NO. The van der Waals surface area contributed by atoms with Crippen molar-refractivity contribution < 1.29 is 4.79 Å². The van der Waals surface area contributed by atoms with E-state index in [4.69, 9.17) is 0 Å². The molecule has 2 rings (SSSR count). The van der Waals surface area contributed by atoms with Crippen LogP contribution < -0.4 is 5.32 Å². The van der Waals surface area contributed by atoms with Crippen molar-refractivity contribution in [3.05, 3.63) is 41.0 Å². The highest BCUT2D eigenvalue weighted by atomic mass is 16.1. The summed E-state index contributed by atoms with van der Waals surface area (Å²) in [4.78, 5) is 11.4. The van der Waals surface area contributed by atoms with Crippen LogP contribution in [0.25, 0.3) is 6.08 Å². The van der Waals surface area contributed by atoms with E-state index >= 15 is 0 Å². The summed E-state index contributed by atoms with van der Waals surface area (Å²) in [5, 5.41) is 2.63. The Balaban J connectivity index is 2.40. The molecule has 0 heterocycles. The largest absolute Gasteiger partial charge is 0.355 e. The van der Waals surface area contributed by atoms with Gasteiger partial charge in [-0.15, -0.1) is 0 Å². The first-order valence-electron chi connectivity index (χ1n) is 4.83. The number of amides is 1. The number of rotatable bonds is 1. The van der Waals surface area contributed by atoms with Gasteiger partial charge in [0.25, 0.3) is 5.91 Å². The second kappa shape index (κ2) is 3.66. The summed E-state index contributed by atoms with van der Waals surface area (Å²) in [5.41, 5.74) is 3.25. The van der Waals surface area contributed by atoms with E-state index in [2.05, 4.69) is 17.5 Å². The summed E-state index contributed by atoms with van der Waals surface area (Å²) in [6.07, 6.45) is 6.42. The average Bonchev–Trinajstić information content (AvgIpc) is 2.27. The molecule has 1 amide bonds. The number of hydrogen-bond donors (Lipinski definition) is 1. The van der Waals surface area contributed by atoms with Crippen molar-refractivity contribution in [2.45, 2.75) is 12.8 Å². The summed E-state index contributed by atoms with van der Waals surface area (Å²) >= 11 is 0. The van der Waals surface area contributed by atoms with E-state index in [-0.39, 0.29) is 5.91 Å². The highest BCUT2D eigenvalue weighted by molar-refractivity contribution is 5.94. The van der Waals surface area contributed by atoms with Crippen LogP contribution in [0.4, 0.5) is 0 Å². The third-order valence-electron chi connectivity index (χ3n) is 2.51. The van der Waals surface area contributed by atoms with E-state index in [9.17, 15) is 4.79 Å². The number of carbonyl (C=O) groups excluding carboxylic acids is 1. The molecule has 2 heteroatoms. The molecular weight excluding hydrogens is 174 g/mol. The van der Waals surface area contributed by atoms with E-state index < -0.39 is 0 Å².